The molecule has 0 fully saturated rings. The molecule has 2 aromatic heterocycles. The Morgan fingerprint density at radius 1 is 1.14 bits per heavy atom. The molecule has 0 aliphatic rings. The van der Waals surface area contributed by atoms with E-state index in [4.69, 9.17) is 14.2 Å². The number of halogens is 1. The van der Waals surface area contributed by atoms with Crippen LogP contribution in [0.25, 0.3) is 22.3 Å². The van der Waals surface area contributed by atoms with Gasteiger partial charge < -0.3 is 18.8 Å². The maximum atomic E-state index is 5.87. The Bertz CT molecular complexity index is 940. The summed E-state index contributed by atoms with van der Waals surface area (Å²) in [6.45, 7) is 8.45. The van der Waals surface area contributed by atoms with Crippen LogP contribution in [0.4, 0.5) is 0 Å². The van der Waals surface area contributed by atoms with Crippen molar-refractivity contribution >= 4 is 35.0 Å². The highest BCUT2D eigenvalue weighted by Crippen LogP contribution is 2.32. The van der Waals surface area contributed by atoms with Crippen molar-refractivity contribution in [1.82, 2.24) is 14.8 Å². The third kappa shape index (κ3) is 5.19. The van der Waals surface area contributed by atoms with Gasteiger partial charge in [0.15, 0.2) is 12.4 Å². The molecule has 0 spiro atoms. The highest BCUT2D eigenvalue weighted by Gasteiger charge is 2.15. The van der Waals surface area contributed by atoms with Crippen LogP contribution in [0.1, 0.15) is 0 Å². The largest absolute Gasteiger partial charge is 0.467 e. The van der Waals surface area contributed by atoms with Crippen LogP contribution in [0.3, 0.4) is 0 Å². The normalized spacial score (nSPS) is 11.9. The van der Waals surface area contributed by atoms with E-state index >= 15 is 0 Å². The Balaban J connectivity index is 1.83. The zero-order valence-corrected chi connectivity index (χ0v) is 19.3. The fraction of sp³-hybridized carbons (Fsp3) is 0.400. The van der Waals surface area contributed by atoms with E-state index in [-0.39, 0.29) is 6.79 Å². The number of nitrogens with zero attached hydrogens (tertiary/aromatic N) is 3. The molecule has 0 radical (unpaired) electrons. The number of hydrogen-bond acceptors (Lipinski definition) is 5. The molecule has 3 aromatic rings. The van der Waals surface area contributed by atoms with Gasteiger partial charge in [0.25, 0.3) is 0 Å². The van der Waals surface area contributed by atoms with Gasteiger partial charge >= 0.3 is 0 Å². The molecule has 0 saturated carbocycles. The minimum absolute atomic E-state index is 0.182. The summed E-state index contributed by atoms with van der Waals surface area (Å²) in [5, 5.41) is 9.86. The third-order valence-electron chi connectivity index (χ3n) is 4.30. The number of hydrogen-bond donors (Lipinski definition) is 0. The van der Waals surface area contributed by atoms with E-state index in [2.05, 4.69) is 45.8 Å². The molecule has 1 aromatic carbocycles. The Morgan fingerprint density at radius 3 is 2.68 bits per heavy atom. The number of aromatic nitrogens is 3. The van der Waals surface area contributed by atoms with Crippen LogP contribution in [-0.4, -0.2) is 43.3 Å². The lowest BCUT2D eigenvalue weighted by atomic mass is 10.1. The van der Waals surface area contributed by atoms with Crippen molar-refractivity contribution in [3.05, 3.63) is 41.0 Å². The maximum Gasteiger partial charge on any atom is 0.188 e. The Labute approximate surface area is 175 Å². The van der Waals surface area contributed by atoms with Crippen LogP contribution < -0.4 is 4.74 Å². The minimum atomic E-state index is -1.10. The van der Waals surface area contributed by atoms with Crippen LogP contribution in [0.15, 0.2) is 41.0 Å². The molecule has 150 valence electrons. The Hall–Kier alpha value is -1.74. The molecule has 0 bridgehead atoms. The van der Waals surface area contributed by atoms with Gasteiger partial charge in [0.05, 0.1) is 5.69 Å². The van der Waals surface area contributed by atoms with Crippen molar-refractivity contribution in [2.45, 2.75) is 32.4 Å². The van der Waals surface area contributed by atoms with Crippen LogP contribution in [0.5, 0.6) is 5.75 Å². The van der Waals surface area contributed by atoms with Gasteiger partial charge in [-0.1, -0.05) is 31.8 Å². The summed E-state index contributed by atoms with van der Waals surface area (Å²) < 4.78 is 19.5. The van der Waals surface area contributed by atoms with E-state index < -0.39 is 8.07 Å². The van der Waals surface area contributed by atoms with Crippen LogP contribution in [0, 0.1) is 0 Å². The predicted molar refractivity (Wildman–Crippen MR) is 117 cm³/mol. The SMILES string of the molecule is COCOc1ccccc1-c1cc2c(Br)cn(COCC[Si](C)(C)C)c2nn1. The summed E-state index contributed by atoms with van der Waals surface area (Å²) in [6.07, 6.45) is 1.99. The summed E-state index contributed by atoms with van der Waals surface area (Å²) in [4.78, 5) is 0. The van der Waals surface area contributed by atoms with E-state index in [1.165, 1.54) is 0 Å². The predicted octanol–water partition coefficient (Wildman–Crippen LogP) is 5.16. The standard InChI is InChI=1S/C20H26BrN3O3Si/c1-25-14-27-19-8-6-5-7-15(19)18-11-16-17(21)12-24(20(16)23-22-18)13-26-9-10-28(2,3)4/h5-8,11-12H,9-10,13-14H2,1-4H3. The van der Waals surface area contributed by atoms with Gasteiger partial charge in [-0.25, -0.2) is 0 Å². The van der Waals surface area contributed by atoms with E-state index in [1.54, 1.807) is 7.11 Å². The van der Waals surface area contributed by atoms with Gasteiger partial charge in [0, 0.05) is 43.4 Å². The molecular formula is C20H26BrN3O3Si. The van der Waals surface area contributed by atoms with Crippen molar-refractivity contribution in [2.24, 2.45) is 0 Å². The summed E-state index contributed by atoms with van der Waals surface area (Å²) in [5.41, 5.74) is 2.41. The number of fused-ring (bicyclic) bond motifs is 1. The molecule has 0 unspecified atom stereocenters. The van der Waals surface area contributed by atoms with Crippen molar-refractivity contribution in [1.29, 1.82) is 0 Å². The topological polar surface area (TPSA) is 58.4 Å². The lowest BCUT2D eigenvalue weighted by Gasteiger charge is -2.15. The second kappa shape index (κ2) is 9.17. The summed E-state index contributed by atoms with van der Waals surface area (Å²) >= 11 is 3.64. The quantitative estimate of drug-likeness (QED) is 0.249. The summed E-state index contributed by atoms with van der Waals surface area (Å²) in [5.74, 6) is 0.711. The maximum absolute atomic E-state index is 5.87. The second-order valence-electron chi connectivity index (χ2n) is 7.81. The van der Waals surface area contributed by atoms with E-state index in [9.17, 15) is 0 Å². The van der Waals surface area contributed by atoms with Crippen LogP contribution >= 0.6 is 15.9 Å². The third-order valence-corrected chi connectivity index (χ3v) is 6.63. The van der Waals surface area contributed by atoms with Gasteiger partial charge in [-0.15, -0.1) is 10.2 Å². The monoisotopic (exact) mass is 463 g/mol. The number of rotatable bonds is 9. The molecule has 28 heavy (non-hydrogen) atoms. The fourth-order valence-electron chi connectivity index (χ4n) is 2.74. The number of methoxy groups -OCH3 is 1. The number of benzene rings is 1. The Kier molecular flexibility index (Phi) is 6.87. The van der Waals surface area contributed by atoms with E-state index in [0.29, 0.717) is 12.5 Å². The van der Waals surface area contributed by atoms with Crippen molar-refractivity contribution in [2.75, 3.05) is 20.5 Å². The number of para-hydroxylation sites is 1. The molecule has 0 atom stereocenters. The summed E-state index contributed by atoms with van der Waals surface area (Å²) in [6, 6.07) is 10.9. The Morgan fingerprint density at radius 2 is 1.93 bits per heavy atom. The molecule has 0 aliphatic heterocycles. The van der Waals surface area contributed by atoms with Crippen molar-refractivity contribution < 1.29 is 14.2 Å². The lowest BCUT2D eigenvalue weighted by Crippen LogP contribution is -2.22. The smallest absolute Gasteiger partial charge is 0.188 e. The molecule has 3 rings (SSSR count). The first-order valence-corrected chi connectivity index (χ1v) is 13.7. The molecule has 0 aliphatic carbocycles. The van der Waals surface area contributed by atoms with Gasteiger partial charge in [-0.3, -0.25) is 0 Å². The minimum Gasteiger partial charge on any atom is -0.467 e. The fourth-order valence-corrected chi connectivity index (χ4v) is 4.03. The van der Waals surface area contributed by atoms with Gasteiger partial charge in [-0.2, -0.15) is 0 Å². The van der Waals surface area contributed by atoms with E-state index in [0.717, 1.165) is 39.4 Å². The first-order chi connectivity index (χ1) is 13.4. The molecule has 6 nitrogen and oxygen atoms in total. The average Bonchev–Trinajstić information content (AvgIpc) is 2.98. The highest BCUT2D eigenvalue weighted by molar-refractivity contribution is 9.10. The van der Waals surface area contributed by atoms with E-state index in [1.807, 2.05) is 41.1 Å². The first-order valence-electron chi connectivity index (χ1n) is 9.20. The average molecular weight is 464 g/mol. The lowest BCUT2D eigenvalue weighted by molar-refractivity contribution is 0.0515. The van der Waals surface area contributed by atoms with Crippen molar-refractivity contribution in [3.8, 4) is 17.0 Å². The first kappa shape index (κ1) is 21.0. The molecule has 8 heteroatoms. The zero-order chi connectivity index (χ0) is 20.1. The van der Waals surface area contributed by atoms with Gasteiger partial charge in [-0.05, 0) is 40.2 Å². The van der Waals surface area contributed by atoms with Crippen LogP contribution in [0.2, 0.25) is 25.7 Å². The molecule has 0 N–H and O–H groups in total. The second-order valence-corrected chi connectivity index (χ2v) is 14.3. The summed E-state index contributed by atoms with van der Waals surface area (Å²) in [7, 11) is 0.501. The molecule has 0 saturated heterocycles. The highest BCUT2D eigenvalue weighted by atomic mass is 79.9. The van der Waals surface area contributed by atoms with Gasteiger partial charge in [0.2, 0.25) is 0 Å². The van der Waals surface area contributed by atoms with Crippen LogP contribution in [-0.2, 0) is 16.2 Å². The molecule has 0 amide bonds. The molecular weight excluding hydrogens is 438 g/mol. The zero-order valence-electron chi connectivity index (χ0n) is 16.7. The van der Waals surface area contributed by atoms with Gasteiger partial charge in [0.1, 0.15) is 12.5 Å². The molecule has 2 heterocycles. The van der Waals surface area contributed by atoms with Crippen molar-refractivity contribution in [3.63, 3.8) is 0 Å². The number of ether oxygens (including phenoxy) is 3.